The molecule has 19 heavy (non-hydrogen) atoms. The fraction of sp³-hybridized carbons (Fsp3) is 0.692. The molecule has 1 unspecified atom stereocenters. The van der Waals surface area contributed by atoms with Gasteiger partial charge >= 0.3 is 5.97 Å². The highest BCUT2D eigenvalue weighted by molar-refractivity contribution is 5.87. The molecule has 112 valence electrons. The van der Waals surface area contributed by atoms with Crippen molar-refractivity contribution in [3.05, 3.63) is 12.2 Å². The van der Waals surface area contributed by atoms with E-state index >= 15 is 0 Å². The molecule has 0 fully saturated rings. The summed E-state index contributed by atoms with van der Waals surface area (Å²) < 4.78 is 5.38. The van der Waals surface area contributed by atoms with Crippen molar-refractivity contribution in [2.45, 2.75) is 20.1 Å². The van der Waals surface area contributed by atoms with Crippen LogP contribution in [0.5, 0.6) is 0 Å². The number of carbonyl (C=O) groups is 2. The summed E-state index contributed by atoms with van der Waals surface area (Å²) in [4.78, 5) is 22.6. The average molecular weight is 274 g/mol. The predicted molar refractivity (Wildman–Crippen MR) is 72.0 cm³/mol. The number of aliphatic carboxylic acids is 1. The first-order chi connectivity index (χ1) is 8.36. The minimum atomic E-state index is -1.00. The van der Waals surface area contributed by atoms with Crippen LogP contribution < -0.4 is 5.11 Å². The number of rotatable bonds is 5. The first-order valence-electron chi connectivity index (χ1n) is 5.90. The van der Waals surface area contributed by atoms with Gasteiger partial charge in [-0.1, -0.05) is 6.58 Å². The van der Waals surface area contributed by atoms with Gasteiger partial charge in [0.15, 0.2) is 6.23 Å². The topological polar surface area (TPSA) is 69.7 Å². The average Bonchev–Trinajstić information content (AvgIpc) is 2.13. The Morgan fingerprint density at radius 3 is 1.89 bits per heavy atom. The summed E-state index contributed by atoms with van der Waals surface area (Å²) in [6.07, 6.45) is -0.195. The third-order valence-corrected chi connectivity index (χ3v) is 1.96. The fourth-order valence-corrected chi connectivity index (χ4v) is 0.748. The molecule has 0 aromatic heterocycles. The van der Waals surface area contributed by atoms with E-state index in [1.165, 1.54) is 0 Å². The van der Waals surface area contributed by atoms with Crippen molar-refractivity contribution < 1.29 is 23.9 Å². The lowest BCUT2D eigenvalue weighted by atomic mass is 10.4. The molecule has 0 heterocycles. The number of hydrogen-bond donors (Lipinski definition) is 0. The highest BCUT2D eigenvalue weighted by Gasteiger charge is 2.10. The first-order valence-corrected chi connectivity index (χ1v) is 5.90. The van der Waals surface area contributed by atoms with E-state index in [-0.39, 0.29) is 18.7 Å². The summed E-state index contributed by atoms with van der Waals surface area (Å²) in [5, 5.41) is 9.89. The van der Waals surface area contributed by atoms with Gasteiger partial charge in [0.05, 0.1) is 27.1 Å². The lowest BCUT2D eigenvalue weighted by Crippen LogP contribution is -2.45. The number of ether oxygens (including phenoxy) is 1. The molecule has 0 amide bonds. The molecule has 0 bridgehead atoms. The van der Waals surface area contributed by atoms with E-state index < -0.39 is 5.97 Å². The molecule has 6 heteroatoms. The Morgan fingerprint density at radius 1 is 1.32 bits per heavy atom. The molecule has 0 aromatic carbocycles. The van der Waals surface area contributed by atoms with Gasteiger partial charge < -0.3 is 19.1 Å². The Balaban J connectivity index is 0. The maximum atomic E-state index is 10.9. The monoisotopic (exact) mass is 274 g/mol. The summed E-state index contributed by atoms with van der Waals surface area (Å²) in [6.45, 7) is 6.98. The largest absolute Gasteiger partial charge is 0.544 e. The number of nitrogens with zero attached hydrogens (tertiary/aromatic N) is 2. The van der Waals surface area contributed by atoms with Crippen molar-refractivity contribution in [1.82, 2.24) is 4.90 Å². The number of likely N-dealkylation sites (N-methyl/N-ethyl adjacent to an activating group) is 1. The Kier molecular flexibility index (Phi) is 9.08. The van der Waals surface area contributed by atoms with Gasteiger partial charge in [-0.05, 0) is 27.9 Å². The van der Waals surface area contributed by atoms with E-state index in [4.69, 9.17) is 4.74 Å². The maximum Gasteiger partial charge on any atom is 0.334 e. The van der Waals surface area contributed by atoms with Crippen LogP contribution in [0.2, 0.25) is 0 Å². The van der Waals surface area contributed by atoms with Gasteiger partial charge in [0.1, 0.15) is 6.54 Å². The second-order valence-electron chi connectivity index (χ2n) is 5.57. The van der Waals surface area contributed by atoms with Crippen molar-refractivity contribution >= 4 is 11.9 Å². The third-order valence-electron chi connectivity index (χ3n) is 1.96. The van der Waals surface area contributed by atoms with Crippen LogP contribution in [-0.4, -0.2) is 69.3 Å². The zero-order valence-electron chi connectivity index (χ0n) is 13.0. The Hall–Kier alpha value is -1.40. The van der Waals surface area contributed by atoms with Crippen LogP contribution in [0.25, 0.3) is 0 Å². The normalized spacial score (nSPS) is 12.2. The number of quaternary nitrogens is 1. The predicted octanol–water partition coefficient (Wildman–Crippen LogP) is -0.544. The van der Waals surface area contributed by atoms with Crippen molar-refractivity contribution in [3.8, 4) is 0 Å². The molecule has 0 radical (unpaired) electrons. The maximum absolute atomic E-state index is 10.9. The zero-order valence-corrected chi connectivity index (χ0v) is 13.0. The summed E-state index contributed by atoms with van der Waals surface area (Å²) >= 11 is 0. The summed E-state index contributed by atoms with van der Waals surface area (Å²) in [6, 6.07) is 0. The number of hydrogen-bond acceptors (Lipinski definition) is 5. The summed E-state index contributed by atoms with van der Waals surface area (Å²) in [5.74, 6) is -1.34. The van der Waals surface area contributed by atoms with Gasteiger partial charge in [-0.3, -0.25) is 4.90 Å². The van der Waals surface area contributed by atoms with Crippen molar-refractivity contribution in [1.29, 1.82) is 0 Å². The van der Waals surface area contributed by atoms with Crippen LogP contribution in [0.3, 0.4) is 0 Å². The van der Waals surface area contributed by atoms with Crippen molar-refractivity contribution in [3.63, 3.8) is 0 Å². The molecular weight excluding hydrogens is 248 g/mol. The molecule has 1 atom stereocenters. The third kappa shape index (κ3) is 14.5. The van der Waals surface area contributed by atoms with Crippen molar-refractivity contribution in [2.75, 3.05) is 41.8 Å². The molecule has 0 aliphatic heterocycles. The SMILES string of the molecule is C=C(C)C(=O)OC(C)N(C)C.C[N+](C)(C)CC(=O)[O-]. The minimum Gasteiger partial charge on any atom is -0.544 e. The lowest BCUT2D eigenvalue weighted by molar-refractivity contribution is -0.864. The minimum absolute atomic E-state index is 0.0694. The molecule has 0 aromatic rings. The lowest BCUT2D eigenvalue weighted by Gasteiger charge is -2.23. The number of carboxylic acid groups (broad SMARTS) is 1. The second-order valence-corrected chi connectivity index (χ2v) is 5.57. The van der Waals surface area contributed by atoms with E-state index in [2.05, 4.69) is 6.58 Å². The molecule has 0 aliphatic rings. The van der Waals surface area contributed by atoms with Gasteiger partial charge in [0.25, 0.3) is 0 Å². The fourth-order valence-electron chi connectivity index (χ4n) is 0.748. The Morgan fingerprint density at radius 2 is 1.74 bits per heavy atom. The number of esters is 1. The van der Waals surface area contributed by atoms with E-state index in [0.29, 0.717) is 10.1 Å². The van der Waals surface area contributed by atoms with Crippen LogP contribution >= 0.6 is 0 Å². The second kappa shape index (κ2) is 8.66. The highest BCUT2D eigenvalue weighted by Crippen LogP contribution is 1.99. The summed E-state index contributed by atoms with van der Waals surface area (Å²) in [5.41, 5.74) is 0.429. The highest BCUT2D eigenvalue weighted by atomic mass is 16.6. The molecule has 0 N–H and O–H groups in total. The molecule has 0 spiro atoms. The van der Waals surface area contributed by atoms with Gasteiger partial charge in [-0.2, -0.15) is 0 Å². The molecular formula is C13H26N2O4. The zero-order chi connectivity index (χ0) is 15.8. The van der Waals surface area contributed by atoms with E-state index in [1.807, 2.05) is 14.1 Å². The van der Waals surface area contributed by atoms with Crippen molar-refractivity contribution in [2.24, 2.45) is 0 Å². The van der Waals surface area contributed by atoms with E-state index in [9.17, 15) is 14.7 Å². The smallest absolute Gasteiger partial charge is 0.334 e. The van der Waals surface area contributed by atoms with Crippen LogP contribution in [0, 0.1) is 0 Å². The van der Waals surface area contributed by atoms with Gasteiger partial charge in [-0.15, -0.1) is 0 Å². The summed E-state index contributed by atoms with van der Waals surface area (Å²) in [7, 11) is 9.09. The Labute approximate surface area is 115 Å². The number of carbonyl (C=O) groups excluding carboxylic acids is 2. The number of carboxylic acids is 1. The standard InChI is InChI=1S/C8H15NO2.C5H11NO2/c1-6(2)8(10)11-7(3)9(4)5;1-6(2,3)4-5(7)8/h7H,1H2,2-5H3;4H2,1-3H3. The molecule has 0 rings (SSSR count). The van der Waals surface area contributed by atoms with Crippen LogP contribution in [0.4, 0.5) is 0 Å². The molecule has 0 aliphatic carbocycles. The van der Waals surface area contributed by atoms with E-state index in [1.54, 1.807) is 39.9 Å². The van der Waals surface area contributed by atoms with Gasteiger partial charge in [0, 0.05) is 5.57 Å². The molecule has 0 saturated carbocycles. The van der Waals surface area contributed by atoms with Crippen LogP contribution in [0.15, 0.2) is 12.2 Å². The Bertz CT molecular complexity index is 319. The first kappa shape index (κ1) is 19.9. The van der Waals surface area contributed by atoms with Gasteiger partial charge in [0.2, 0.25) is 0 Å². The molecule has 6 nitrogen and oxygen atoms in total. The quantitative estimate of drug-likeness (QED) is 0.291. The van der Waals surface area contributed by atoms with Gasteiger partial charge in [-0.25, -0.2) is 4.79 Å². The van der Waals surface area contributed by atoms with E-state index in [0.717, 1.165) is 0 Å². The van der Waals surface area contributed by atoms with Crippen LogP contribution in [0.1, 0.15) is 13.8 Å². The van der Waals surface area contributed by atoms with Crippen LogP contribution in [-0.2, 0) is 14.3 Å². The molecule has 0 saturated heterocycles.